The van der Waals surface area contributed by atoms with E-state index in [4.69, 9.17) is 18.0 Å². The number of hydrogen-bond acceptors (Lipinski definition) is 6. The molecule has 1 saturated heterocycles. The second kappa shape index (κ2) is 5.01. The Morgan fingerprint density at radius 2 is 2.00 bits per heavy atom. The summed E-state index contributed by atoms with van der Waals surface area (Å²) in [6.45, 7) is 2.02. The molecule has 1 fully saturated rings. The summed E-state index contributed by atoms with van der Waals surface area (Å²) < 4.78 is 2.45. The maximum absolute atomic E-state index is 5.79. The first-order valence-corrected chi connectivity index (χ1v) is 6.91. The van der Waals surface area contributed by atoms with Crippen molar-refractivity contribution in [2.45, 2.75) is 19.3 Å². The normalized spacial score (nSPS) is 16.4. The van der Waals surface area contributed by atoms with Gasteiger partial charge in [-0.2, -0.15) is 0 Å². The topological polar surface area (TPSA) is 60.0 Å². The minimum atomic E-state index is 0.375. The summed E-state index contributed by atoms with van der Waals surface area (Å²) in [5.74, 6) is 1.16. The Bertz CT molecular complexity index is 383. The zero-order chi connectivity index (χ0) is 11.5. The van der Waals surface area contributed by atoms with Gasteiger partial charge in [-0.3, -0.25) is 0 Å². The van der Waals surface area contributed by atoms with Crippen molar-refractivity contribution < 1.29 is 0 Å². The van der Waals surface area contributed by atoms with Crippen LogP contribution in [-0.4, -0.2) is 38.4 Å². The lowest BCUT2D eigenvalue weighted by atomic mass is 10.1. The Morgan fingerprint density at radius 3 is 2.62 bits per heavy atom. The molecule has 7 heteroatoms. The van der Waals surface area contributed by atoms with Gasteiger partial charge in [0.2, 0.25) is 11.9 Å². The molecule has 1 aliphatic rings. The van der Waals surface area contributed by atoms with Crippen LogP contribution in [0.1, 0.15) is 19.3 Å². The first-order valence-electron chi connectivity index (χ1n) is 5.28. The third-order valence-corrected chi connectivity index (χ3v) is 3.88. The van der Waals surface area contributed by atoms with Crippen molar-refractivity contribution in [2.24, 2.45) is 0 Å². The molecule has 0 saturated carbocycles. The Balaban J connectivity index is 2.29. The second-order valence-corrected chi connectivity index (χ2v) is 5.15. The lowest BCUT2D eigenvalue weighted by Gasteiger charge is -2.27. The van der Waals surface area contributed by atoms with Gasteiger partial charge in [-0.1, -0.05) is 24.0 Å². The second-order valence-electron chi connectivity index (χ2n) is 3.71. The summed E-state index contributed by atoms with van der Waals surface area (Å²) >= 11 is 6.74. The van der Waals surface area contributed by atoms with E-state index in [0.29, 0.717) is 10.3 Å². The molecule has 0 radical (unpaired) electrons. The molecule has 0 spiro atoms. The summed E-state index contributed by atoms with van der Waals surface area (Å²) in [5.41, 5.74) is 5.79. The van der Waals surface area contributed by atoms with Crippen molar-refractivity contribution in [3.05, 3.63) is 0 Å². The quantitative estimate of drug-likeness (QED) is 0.766. The highest BCUT2D eigenvalue weighted by molar-refractivity contribution is 8.22. The molecule has 16 heavy (non-hydrogen) atoms. The van der Waals surface area contributed by atoms with Gasteiger partial charge in [0.05, 0.1) is 0 Å². The molecule has 0 bridgehead atoms. The fourth-order valence-corrected chi connectivity index (χ4v) is 2.39. The number of piperidine rings is 1. The van der Waals surface area contributed by atoms with E-state index in [1.54, 1.807) is 4.57 Å². The van der Waals surface area contributed by atoms with Crippen molar-refractivity contribution in [3.63, 3.8) is 0 Å². The van der Waals surface area contributed by atoms with Gasteiger partial charge >= 0.3 is 0 Å². The highest BCUT2D eigenvalue weighted by Crippen LogP contribution is 2.21. The van der Waals surface area contributed by atoms with Crippen molar-refractivity contribution in [3.8, 4) is 0 Å². The molecule has 0 amide bonds. The highest BCUT2D eigenvalue weighted by atomic mass is 32.2. The maximum Gasteiger partial charge on any atom is 0.234 e. The third-order valence-electron chi connectivity index (χ3n) is 2.67. The number of nitrogens with zero attached hydrogens (tertiary/aromatic N) is 4. The van der Waals surface area contributed by atoms with Crippen LogP contribution >= 0.6 is 24.0 Å². The molecule has 1 aromatic rings. The maximum atomic E-state index is 5.79. The zero-order valence-corrected chi connectivity index (χ0v) is 10.9. The average Bonchev–Trinajstić information content (AvgIpc) is 2.71. The summed E-state index contributed by atoms with van der Waals surface area (Å²) in [4.78, 5) is 2.20. The minimum absolute atomic E-state index is 0.375. The molecule has 0 aliphatic carbocycles. The molecule has 0 aromatic carbocycles. The van der Waals surface area contributed by atoms with E-state index >= 15 is 0 Å². The summed E-state index contributed by atoms with van der Waals surface area (Å²) in [7, 11) is 0. The monoisotopic (exact) mass is 257 g/mol. The van der Waals surface area contributed by atoms with Gasteiger partial charge in [0.15, 0.2) is 0 Å². The molecule has 5 nitrogen and oxygen atoms in total. The summed E-state index contributed by atoms with van der Waals surface area (Å²) in [5, 5.41) is 8.03. The molecule has 0 atom stereocenters. The standard InChI is InChI=1S/C9H15N5S2/c1-16-9(15)14-7(10)11-12-8(14)13-5-3-2-4-6-13/h2-6H2,1H3,(H2,10,11). The Kier molecular flexibility index (Phi) is 3.65. The van der Waals surface area contributed by atoms with E-state index in [9.17, 15) is 0 Å². The fourth-order valence-electron chi connectivity index (χ4n) is 1.85. The predicted molar refractivity (Wildman–Crippen MR) is 72.0 cm³/mol. The van der Waals surface area contributed by atoms with E-state index in [0.717, 1.165) is 19.0 Å². The Hall–Kier alpha value is -0.820. The van der Waals surface area contributed by atoms with Crippen LogP contribution in [0, 0.1) is 0 Å². The Labute approximate surface area is 104 Å². The molecule has 2 heterocycles. The predicted octanol–water partition coefficient (Wildman–Crippen LogP) is 1.35. The van der Waals surface area contributed by atoms with Gasteiger partial charge in [-0.25, -0.2) is 4.57 Å². The SMILES string of the molecule is CSC(=S)n1c(N)nnc1N1CCCCC1. The van der Waals surface area contributed by atoms with Crippen LogP contribution in [-0.2, 0) is 0 Å². The van der Waals surface area contributed by atoms with Crippen LogP contribution in [0.4, 0.5) is 11.9 Å². The molecule has 1 aromatic heterocycles. The van der Waals surface area contributed by atoms with E-state index in [2.05, 4.69) is 15.1 Å². The summed E-state index contributed by atoms with van der Waals surface area (Å²) in [6, 6.07) is 0. The molecular formula is C9H15N5S2. The van der Waals surface area contributed by atoms with Crippen molar-refractivity contribution >= 4 is 40.2 Å². The summed E-state index contributed by atoms with van der Waals surface area (Å²) in [6.07, 6.45) is 5.60. The van der Waals surface area contributed by atoms with Crippen molar-refractivity contribution in [1.29, 1.82) is 0 Å². The number of thiocarbonyl (C=S) groups is 1. The molecule has 2 rings (SSSR count). The minimum Gasteiger partial charge on any atom is -0.367 e. The van der Waals surface area contributed by atoms with Crippen LogP contribution in [0.2, 0.25) is 0 Å². The third kappa shape index (κ3) is 2.15. The lowest BCUT2D eigenvalue weighted by Crippen LogP contribution is -2.32. The van der Waals surface area contributed by atoms with Gasteiger partial charge < -0.3 is 10.6 Å². The number of aromatic nitrogens is 3. The number of nitrogens with two attached hydrogens (primary N) is 1. The largest absolute Gasteiger partial charge is 0.367 e. The molecule has 88 valence electrons. The zero-order valence-electron chi connectivity index (χ0n) is 9.22. The van der Waals surface area contributed by atoms with Gasteiger partial charge in [0.25, 0.3) is 0 Å². The smallest absolute Gasteiger partial charge is 0.234 e. The van der Waals surface area contributed by atoms with Crippen LogP contribution in [0.3, 0.4) is 0 Å². The molecule has 1 aliphatic heterocycles. The van der Waals surface area contributed by atoms with Crippen LogP contribution in [0.5, 0.6) is 0 Å². The molecule has 2 N–H and O–H groups in total. The molecule has 0 unspecified atom stereocenters. The van der Waals surface area contributed by atoms with Crippen LogP contribution < -0.4 is 10.6 Å². The fraction of sp³-hybridized carbons (Fsp3) is 0.667. The van der Waals surface area contributed by atoms with Gasteiger partial charge in [-0.05, 0) is 25.5 Å². The number of hydrogen-bond donors (Lipinski definition) is 1. The number of anilines is 2. The molecular weight excluding hydrogens is 242 g/mol. The Morgan fingerprint density at radius 1 is 1.31 bits per heavy atom. The van der Waals surface area contributed by atoms with E-state index in [1.807, 2.05) is 6.26 Å². The first-order chi connectivity index (χ1) is 7.74. The van der Waals surface area contributed by atoms with Crippen molar-refractivity contribution in [1.82, 2.24) is 14.8 Å². The van der Waals surface area contributed by atoms with Crippen LogP contribution in [0.15, 0.2) is 0 Å². The number of rotatable bonds is 1. The highest BCUT2D eigenvalue weighted by Gasteiger charge is 2.20. The van der Waals surface area contributed by atoms with Gasteiger partial charge in [0.1, 0.15) is 4.32 Å². The van der Waals surface area contributed by atoms with Gasteiger partial charge in [0, 0.05) is 13.1 Å². The average molecular weight is 257 g/mol. The van der Waals surface area contributed by atoms with E-state index in [1.165, 1.54) is 31.0 Å². The van der Waals surface area contributed by atoms with Crippen molar-refractivity contribution in [2.75, 3.05) is 30.0 Å². The van der Waals surface area contributed by atoms with Gasteiger partial charge in [-0.15, -0.1) is 10.2 Å². The lowest BCUT2D eigenvalue weighted by molar-refractivity contribution is 0.567. The van der Waals surface area contributed by atoms with E-state index < -0.39 is 0 Å². The number of nitrogen functional groups attached to an aromatic ring is 1. The van der Waals surface area contributed by atoms with E-state index in [-0.39, 0.29) is 0 Å². The number of thioether (sulfide) groups is 1. The first kappa shape index (κ1) is 11.7. The van der Waals surface area contributed by atoms with Crippen LogP contribution in [0.25, 0.3) is 0 Å².